The average Bonchev–Trinajstić information content (AvgIpc) is 3.43. The second-order valence-electron chi connectivity index (χ2n) is 8.59. The number of ether oxygens (including phenoxy) is 2. The normalized spacial score (nSPS) is 13.0. The minimum absolute atomic E-state index is 0.273. The zero-order valence-corrected chi connectivity index (χ0v) is 21.3. The van der Waals surface area contributed by atoms with E-state index in [4.69, 9.17) is 9.47 Å². The first-order valence-electron chi connectivity index (χ1n) is 12.3. The number of nitrogens with one attached hydrogen (secondary N) is 2. The number of morpholine rings is 1. The van der Waals surface area contributed by atoms with E-state index in [1.54, 1.807) is 31.6 Å². The zero-order valence-electron chi connectivity index (χ0n) is 21.3. The summed E-state index contributed by atoms with van der Waals surface area (Å²) < 4.78 is 12.7. The first-order chi connectivity index (χ1) is 19.1. The maximum absolute atomic E-state index is 12.2. The highest BCUT2D eigenvalue weighted by atomic mass is 16.5. The first-order valence-corrected chi connectivity index (χ1v) is 12.3. The Labute approximate surface area is 225 Å². The highest BCUT2D eigenvalue weighted by Gasteiger charge is 2.20. The molecule has 39 heavy (non-hydrogen) atoms. The number of aromatic nitrogens is 4. The fraction of sp³-hybridized carbons (Fsp3) is 0.179. The molecule has 11 nitrogen and oxygen atoms in total. The van der Waals surface area contributed by atoms with Gasteiger partial charge in [0.2, 0.25) is 11.9 Å². The van der Waals surface area contributed by atoms with Crippen LogP contribution in [0.4, 0.5) is 23.0 Å². The maximum Gasteiger partial charge on any atom is 0.247 e. The summed E-state index contributed by atoms with van der Waals surface area (Å²) >= 11 is 0. The number of benzene rings is 2. The van der Waals surface area contributed by atoms with Gasteiger partial charge < -0.3 is 25.0 Å². The van der Waals surface area contributed by atoms with Crippen molar-refractivity contribution in [2.24, 2.45) is 0 Å². The lowest BCUT2D eigenvalue weighted by Gasteiger charge is -2.31. The van der Waals surface area contributed by atoms with Gasteiger partial charge >= 0.3 is 0 Å². The van der Waals surface area contributed by atoms with Crippen LogP contribution in [-0.2, 0) is 9.53 Å². The highest BCUT2D eigenvalue weighted by Crippen LogP contribution is 2.38. The van der Waals surface area contributed by atoms with E-state index in [1.807, 2.05) is 36.4 Å². The summed E-state index contributed by atoms with van der Waals surface area (Å²) in [6.07, 6.45) is 5.20. The van der Waals surface area contributed by atoms with Crippen molar-refractivity contribution < 1.29 is 19.1 Å². The van der Waals surface area contributed by atoms with E-state index in [9.17, 15) is 9.59 Å². The molecule has 0 saturated carbocycles. The van der Waals surface area contributed by atoms with E-state index < -0.39 is 0 Å². The number of rotatable bonds is 9. The van der Waals surface area contributed by atoms with Crippen LogP contribution < -0.4 is 20.3 Å². The molecule has 0 unspecified atom stereocenters. The summed E-state index contributed by atoms with van der Waals surface area (Å²) in [5.74, 6) is 0.936. The SMILES string of the molecule is C=CC(=O)Nc1cc(Nc2nccc(-n3cc(C=O)c(-c4ccccc4)n3)n2)c(OC)cc1N1CCOCC1. The Morgan fingerprint density at radius 2 is 1.92 bits per heavy atom. The van der Waals surface area contributed by atoms with Crippen molar-refractivity contribution in [2.75, 3.05) is 48.9 Å². The summed E-state index contributed by atoms with van der Waals surface area (Å²) in [7, 11) is 1.57. The molecule has 2 aromatic heterocycles. The van der Waals surface area contributed by atoms with Crippen LogP contribution in [0.5, 0.6) is 5.75 Å². The van der Waals surface area contributed by atoms with Gasteiger partial charge in [0, 0.05) is 43.2 Å². The molecule has 198 valence electrons. The van der Waals surface area contributed by atoms with Crippen molar-refractivity contribution >= 4 is 35.2 Å². The third kappa shape index (κ3) is 5.63. The zero-order chi connectivity index (χ0) is 27.2. The predicted octanol–water partition coefficient (Wildman–Crippen LogP) is 3.86. The molecule has 4 aromatic rings. The van der Waals surface area contributed by atoms with E-state index >= 15 is 0 Å². The van der Waals surface area contributed by atoms with Crippen LogP contribution in [0, 0.1) is 0 Å². The smallest absolute Gasteiger partial charge is 0.247 e. The van der Waals surface area contributed by atoms with Gasteiger partial charge in [-0.15, -0.1) is 0 Å². The molecule has 0 aliphatic carbocycles. The molecule has 1 fully saturated rings. The first kappa shape index (κ1) is 25.6. The number of anilines is 4. The lowest BCUT2D eigenvalue weighted by molar-refractivity contribution is -0.111. The standard InChI is InChI=1S/C28H27N7O4/c1-3-26(37)30-21-15-22(24(38-2)16-23(21)34-11-13-39-14-12-34)31-28-29-10-9-25(32-28)35-17-20(18-36)27(33-35)19-7-5-4-6-8-19/h3-10,15-18H,1,11-14H2,2H3,(H,30,37)(H,29,31,32). The van der Waals surface area contributed by atoms with E-state index in [-0.39, 0.29) is 11.9 Å². The van der Waals surface area contributed by atoms with E-state index in [0.29, 0.717) is 60.5 Å². The summed E-state index contributed by atoms with van der Waals surface area (Å²) in [6.45, 7) is 6.08. The summed E-state index contributed by atoms with van der Waals surface area (Å²) in [5, 5.41) is 10.7. The summed E-state index contributed by atoms with van der Waals surface area (Å²) in [4.78, 5) is 35.0. The molecule has 11 heteroatoms. The Kier molecular flexibility index (Phi) is 7.60. The van der Waals surface area contributed by atoms with Gasteiger partial charge in [-0.2, -0.15) is 10.1 Å². The number of carbonyl (C=O) groups excluding carboxylic acids is 2. The molecular weight excluding hydrogens is 498 g/mol. The maximum atomic E-state index is 12.2. The number of methoxy groups -OCH3 is 1. The van der Waals surface area contributed by atoms with E-state index in [0.717, 1.165) is 17.5 Å². The monoisotopic (exact) mass is 525 g/mol. The third-order valence-electron chi connectivity index (χ3n) is 6.15. The van der Waals surface area contributed by atoms with Crippen molar-refractivity contribution in [1.29, 1.82) is 0 Å². The van der Waals surface area contributed by atoms with Gasteiger partial charge in [0.1, 0.15) is 11.4 Å². The Balaban J connectivity index is 1.48. The van der Waals surface area contributed by atoms with Crippen LogP contribution in [0.15, 0.2) is 73.6 Å². The molecule has 2 aromatic carbocycles. The van der Waals surface area contributed by atoms with Crippen molar-refractivity contribution in [1.82, 2.24) is 19.7 Å². The molecule has 0 spiro atoms. The molecule has 1 amide bonds. The van der Waals surface area contributed by atoms with Crippen molar-refractivity contribution in [3.63, 3.8) is 0 Å². The fourth-order valence-electron chi connectivity index (χ4n) is 4.25. The van der Waals surface area contributed by atoms with Crippen LogP contribution in [0.25, 0.3) is 17.1 Å². The van der Waals surface area contributed by atoms with Crippen LogP contribution in [0.1, 0.15) is 10.4 Å². The largest absolute Gasteiger partial charge is 0.494 e. The van der Waals surface area contributed by atoms with Gasteiger partial charge in [-0.3, -0.25) is 9.59 Å². The van der Waals surface area contributed by atoms with Gasteiger partial charge in [0.25, 0.3) is 0 Å². The second kappa shape index (κ2) is 11.6. The molecule has 0 radical (unpaired) electrons. The molecule has 0 bridgehead atoms. The molecule has 3 heterocycles. The Morgan fingerprint density at radius 3 is 2.64 bits per heavy atom. The number of aldehydes is 1. The quantitative estimate of drug-likeness (QED) is 0.248. The minimum atomic E-state index is -0.335. The summed E-state index contributed by atoms with van der Waals surface area (Å²) in [5.41, 5.74) is 3.75. The van der Waals surface area contributed by atoms with Gasteiger partial charge in [0.05, 0.1) is 42.9 Å². The molecular formula is C28H27N7O4. The Morgan fingerprint density at radius 1 is 1.13 bits per heavy atom. The van der Waals surface area contributed by atoms with Crippen LogP contribution in [0.3, 0.4) is 0 Å². The lowest BCUT2D eigenvalue weighted by Crippen LogP contribution is -2.36. The highest BCUT2D eigenvalue weighted by molar-refractivity contribution is 6.02. The van der Waals surface area contributed by atoms with Gasteiger partial charge in [-0.1, -0.05) is 36.9 Å². The molecule has 1 saturated heterocycles. The van der Waals surface area contributed by atoms with Crippen LogP contribution in [0.2, 0.25) is 0 Å². The van der Waals surface area contributed by atoms with E-state index in [2.05, 4.69) is 37.2 Å². The number of carbonyl (C=O) groups is 2. The summed E-state index contributed by atoms with van der Waals surface area (Å²) in [6, 6.07) is 14.8. The Bertz CT molecular complexity index is 1500. The minimum Gasteiger partial charge on any atom is -0.494 e. The van der Waals surface area contributed by atoms with Crippen molar-refractivity contribution in [3.05, 3.63) is 79.1 Å². The Hall–Kier alpha value is -5.03. The molecule has 5 rings (SSSR count). The number of nitrogens with zero attached hydrogens (tertiary/aromatic N) is 5. The molecule has 2 N–H and O–H groups in total. The van der Waals surface area contributed by atoms with Crippen LogP contribution in [-0.4, -0.2) is 65.4 Å². The predicted molar refractivity (Wildman–Crippen MR) is 148 cm³/mol. The number of hydrogen-bond acceptors (Lipinski definition) is 9. The fourth-order valence-corrected chi connectivity index (χ4v) is 4.25. The molecule has 1 aliphatic heterocycles. The van der Waals surface area contributed by atoms with E-state index in [1.165, 1.54) is 10.8 Å². The molecule has 1 aliphatic rings. The third-order valence-corrected chi connectivity index (χ3v) is 6.15. The second-order valence-corrected chi connectivity index (χ2v) is 8.59. The van der Waals surface area contributed by atoms with Gasteiger partial charge in [-0.05, 0) is 12.1 Å². The average molecular weight is 526 g/mol. The lowest BCUT2D eigenvalue weighted by atomic mass is 10.1. The van der Waals surface area contributed by atoms with Crippen molar-refractivity contribution in [2.45, 2.75) is 0 Å². The van der Waals surface area contributed by atoms with Gasteiger partial charge in [-0.25, -0.2) is 9.67 Å². The van der Waals surface area contributed by atoms with Crippen molar-refractivity contribution in [3.8, 4) is 22.8 Å². The van der Waals surface area contributed by atoms with Gasteiger partial charge in [0.15, 0.2) is 12.1 Å². The number of hydrogen-bond donors (Lipinski definition) is 2. The molecule has 0 atom stereocenters. The number of amides is 1. The van der Waals surface area contributed by atoms with Crippen LogP contribution >= 0.6 is 0 Å². The topological polar surface area (TPSA) is 124 Å².